The SMILES string of the molecule is CCC(C(=O)NC)N(Cc1ccc(Cl)cc1)C(=O)COc1cccc(C)c1C. The topological polar surface area (TPSA) is 58.6 Å². The Labute approximate surface area is 171 Å². The van der Waals surface area contributed by atoms with Crippen LogP contribution in [0.4, 0.5) is 0 Å². The maximum atomic E-state index is 13.0. The first-order valence-corrected chi connectivity index (χ1v) is 9.69. The molecule has 0 bridgehead atoms. The molecule has 0 spiro atoms. The summed E-state index contributed by atoms with van der Waals surface area (Å²) in [4.78, 5) is 26.9. The standard InChI is InChI=1S/C22H27ClN2O3/c1-5-19(22(27)24-4)25(13-17-9-11-18(23)12-10-17)21(26)14-28-20-8-6-7-15(2)16(20)3/h6-12,19H,5,13-14H2,1-4H3,(H,24,27). The van der Waals surface area contributed by atoms with Gasteiger partial charge in [0.1, 0.15) is 11.8 Å². The molecule has 6 heteroatoms. The van der Waals surface area contributed by atoms with Gasteiger partial charge in [-0.3, -0.25) is 9.59 Å². The minimum absolute atomic E-state index is 0.134. The quantitative estimate of drug-likeness (QED) is 0.728. The number of rotatable bonds is 8. The lowest BCUT2D eigenvalue weighted by Gasteiger charge is -2.30. The van der Waals surface area contributed by atoms with E-state index in [9.17, 15) is 9.59 Å². The van der Waals surface area contributed by atoms with Gasteiger partial charge in [-0.2, -0.15) is 0 Å². The first-order valence-electron chi connectivity index (χ1n) is 9.31. The highest BCUT2D eigenvalue weighted by atomic mass is 35.5. The fourth-order valence-corrected chi connectivity index (χ4v) is 3.10. The van der Waals surface area contributed by atoms with Crippen LogP contribution < -0.4 is 10.1 Å². The number of nitrogens with one attached hydrogen (secondary N) is 1. The molecule has 0 radical (unpaired) electrons. The van der Waals surface area contributed by atoms with Crippen molar-refractivity contribution in [3.63, 3.8) is 0 Å². The molecule has 2 aromatic rings. The van der Waals surface area contributed by atoms with Crippen LogP contribution in [-0.4, -0.2) is 36.4 Å². The highest BCUT2D eigenvalue weighted by molar-refractivity contribution is 6.30. The van der Waals surface area contributed by atoms with Gasteiger partial charge in [0.15, 0.2) is 6.61 Å². The van der Waals surface area contributed by atoms with E-state index in [4.69, 9.17) is 16.3 Å². The van der Waals surface area contributed by atoms with E-state index in [1.807, 2.05) is 51.1 Å². The average Bonchev–Trinajstić information content (AvgIpc) is 2.69. The zero-order chi connectivity index (χ0) is 20.7. The summed E-state index contributed by atoms with van der Waals surface area (Å²) in [5.41, 5.74) is 2.99. The van der Waals surface area contributed by atoms with Crippen molar-refractivity contribution < 1.29 is 14.3 Å². The average molecular weight is 403 g/mol. The normalized spacial score (nSPS) is 11.6. The molecular weight excluding hydrogens is 376 g/mol. The number of carbonyl (C=O) groups excluding carboxylic acids is 2. The van der Waals surface area contributed by atoms with E-state index in [0.29, 0.717) is 23.7 Å². The van der Waals surface area contributed by atoms with Gasteiger partial charge in [-0.05, 0) is 55.2 Å². The lowest BCUT2D eigenvalue weighted by Crippen LogP contribution is -2.49. The predicted octanol–water partition coefficient (Wildman–Crippen LogP) is 3.89. The molecule has 150 valence electrons. The van der Waals surface area contributed by atoms with Gasteiger partial charge in [0, 0.05) is 18.6 Å². The van der Waals surface area contributed by atoms with Crippen LogP contribution in [0, 0.1) is 13.8 Å². The first kappa shape index (κ1) is 21.8. The fourth-order valence-electron chi connectivity index (χ4n) is 2.98. The van der Waals surface area contributed by atoms with Gasteiger partial charge < -0.3 is 15.0 Å². The Morgan fingerprint density at radius 1 is 1.14 bits per heavy atom. The highest BCUT2D eigenvalue weighted by Crippen LogP contribution is 2.21. The maximum Gasteiger partial charge on any atom is 0.261 e. The predicted molar refractivity (Wildman–Crippen MR) is 112 cm³/mol. The molecule has 0 aromatic heterocycles. The number of hydrogen-bond acceptors (Lipinski definition) is 3. The summed E-state index contributed by atoms with van der Waals surface area (Å²) in [6.07, 6.45) is 0.502. The second kappa shape index (κ2) is 10.1. The van der Waals surface area contributed by atoms with Crippen LogP contribution in [0.1, 0.15) is 30.0 Å². The van der Waals surface area contributed by atoms with Crippen LogP contribution >= 0.6 is 11.6 Å². The fraction of sp³-hybridized carbons (Fsp3) is 0.364. The first-order chi connectivity index (χ1) is 13.4. The third-order valence-electron chi connectivity index (χ3n) is 4.80. The number of likely N-dealkylation sites (N-methyl/N-ethyl adjacent to an activating group) is 1. The number of halogens is 1. The third-order valence-corrected chi connectivity index (χ3v) is 5.06. The molecule has 1 atom stereocenters. The molecule has 0 aliphatic heterocycles. The Morgan fingerprint density at radius 3 is 2.43 bits per heavy atom. The van der Waals surface area contributed by atoms with Crippen molar-refractivity contribution in [3.05, 3.63) is 64.2 Å². The zero-order valence-corrected chi connectivity index (χ0v) is 17.5. The molecule has 2 amide bonds. The number of hydrogen-bond donors (Lipinski definition) is 1. The number of ether oxygens (including phenoxy) is 1. The van der Waals surface area contributed by atoms with Crippen molar-refractivity contribution in [1.82, 2.24) is 10.2 Å². The van der Waals surface area contributed by atoms with Crippen molar-refractivity contribution in [2.45, 2.75) is 39.8 Å². The molecule has 0 aliphatic rings. The molecule has 0 saturated carbocycles. The van der Waals surface area contributed by atoms with E-state index in [0.717, 1.165) is 16.7 Å². The van der Waals surface area contributed by atoms with Crippen LogP contribution in [0.2, 0.25) is 5.02 Å². The second-order valence-electron chi connectivity index (χ2n) is 6.67. The molecular formula is C22H27ClN2O3. The van der Waals surface area contributed by atoms with Gasteiger partial charge in [-0.25, -0.2) is 0 Å². The van der Waals surface area contributed by atoms with E-state index in [-0.39, 0.29) is 18.4 Å². The molecule has 2 aromatic carbocycles. The largest absolute Gasteiger partial charge is 0.483 e. The molecule has 0 heterocycles. The Balaban J connectivity index is 2.21. The maximum absolute atomic E-state index is 13.0. The Morgan fingerprint density at radius 2 is 1.82 bits per heavy atom. The highest BCUT2D eigenvalue weighted by Gasteiger charge is 2.28. The van der Waals surface area contributed by atoms with E-state index >= 15 is 0 Å². The lowest BCUT2D eigenvalue weighted by molar-refractivity contribution is -0.142. The summed E-state index contributed by atoms with van der Waals surface area (Å²) in [7, 11) is 1.57. The molecule has 1 N–H and O–H groups in total. The van der Waals surface area contributed by atoms with Gasteiger partial charge in [0.2, 0.25) is 5.91 Å². The lowest BCUT2D eigenvalue weighted by atomic mass is 10.1. The van der Waals surface area contributed by atoms with Gasteiger partial charge in [-0.15, -0.1) is 0 Å². The monoisotopic (exact) mass is 402 g/mol. The minimum atomic E-state index is -0.574. The molecule has 0 saturated heterocycles. The van der Waals surface area contributed by atoms with Gasteiger partial charge >= 0.3 is 0 Å². The summed E-state index contributed by atoms with van der Waals surface area (Å²) < 4.78 is 5.78. The molecule has 2 rings (SSSR count). The van der Waals surface area contributed by atoms with Crippen molar-refractivity contribution in [2.24, 2.45) is 0 Å². The van der Waals surface area contributed by atoms with E-state index < -0.39 is 6.04 Å². The van der Waals surface area contributed by atoms with Crippen LogP contribution in [0.15, 0.2) is 42.5 Å². The van der Waals surface area contributed by atoms with Crippen molar-refractivity contribution in [2.75, 3.05) is 13.7 Å². The number of amides is 2. The minimum Gasteiger partial charge on any atom is -0.483 e. The Bertz CT molecular complexity index is 821. The summed E-state index contributed by atoms with van der Waals surface area (Å²) in [6.45, 7) is 6.01. The second-order valence-corrected chi connectivity index (χ2v) is 7.11. The number of aryl methyl sites for hydroxylation is 1. The number of carbonyl (C=O) groups is 2. The summed E-state index contributed by atoms with van der Waals surface area (Å²) in [5.74, 6) is 0.232. The number of nitrogens with zero attached hydrogens (tertiary/aromatic N) is 1. The van der Waals surface area contributed by atoms with Crippen molar-refractivity contribution in [3.8, 4) is 5.75 Å². The van der Waals surface area contributed by atoms with Crippen molar-refractivity contribution >= 4 is 23.4 Å². The van der Waals surface area contributed by atoms with Crippen LogP contribution in [-0.2, 0) is 16.1 Å². The van der Waals surface area contributed by atoms with Gasteiger partial charge in [0.25, 0.3) is 5.91 Å². The molecule has 5 nitrogen and oxygen atoms in total. The summed E-state index contributed by atoms with van der Waals surface area (Å²) >= 11 is 5.95. The van der Waals surface area contributed by atoms with Crippen LogP contribution in [0.5, 0.6) is 5.75 Å². The van der Waals surface area contributed by atoms with Crippen molar-refractivity contribution in [1.29, 1.82) is 0 Å². The third kappa shape index (κ3) is 5.49. The number of benzene rings is 2. The molecule has 1 unspecified atom stereocenters. The van der Waals surface area contributed by atoms with Crippen LogP contribution in [0.3, 0.4) is 0 Å². The van der Waals surface area contributed by atoms with E-state index in [2.05, 4.69) is 5.32 Å². The summed E-state index contributed by atoms with van der Waals surface area (Å²) in [5, 5.41) is 3.27. The van der Waals surface area contributed by atoms with Gasteiger partial charge in [0.05, 0.1) is 0 Å². The van der Waals surface area contributed by atoms with E-state index in [1.54, 1.807) is 24.1 Å². The zero-order valence-electron chi connectivity index (χ0n) is 16.8. The molecule has 0 aliphatic carbocycles. The molecule has 0 fully saturated rings. The molecule has 28 heavy (non-hydrogen) atoms. The smallest absolute Gasteiger partial charge is 0.261 e. The van der Waals surface area contributed by atoms with E-state index in [1.165, 1.54) is 0 Å². The van der Waals surface area contributed by atoms with Crippen LogP contribution in [0.25, 0.3) is 0 Å². The van der Waals surface area contributed by atoms with Gasteiger partial charge in [-0.1, -0.05) is 42.8 Å². The Kier molecular flexibility index (Phi) is 7.88. The summed E-state index contributed by atoms with van der Waals surface area (Å²) in [6, 6.07) is 12.4. The Hall–Kier alpha value is -2.53.